The van der Waals surface area contributed by atoms with Crippen LogP contribution in [-0.4, -0.2) is 34.5 Å². The van der Waals surface area contributed by atoms with Crippen LogP contribution < -0.4 is 14.9 Å². The number of hydrogen-bond acceptors (Lipinski definition) is 3. The molecule has 0 bridgehead atoms. The molecule has 0 radical (unpaired) electrons. The number of sulfonamides is 1. The summed E-state index contributed by atoms with van der Waals surface area (Å²) in [7, 11) is -2.04. The van der Waals surface area contributed by atoms with Gasteiger partial charge in [0.25, 0.3) is 0 Å². The van der Waals surface area contributed by atoms with Crippen LogP contribution in [0.4, 0.5) is 5.69 Å². The van der Waals surface area contributed by atoms with Gasteiger partial charge < -0.3 is 10.2 Å². The summed E-state index contributed by atoms with van der Waals surface area (Å²) in [4.78, 5) is 7.17. The van der Waals surface area contributed by atoms with Crippen molar-refractivity contribution in [1.82, 2.24) is 10.0 Å². The van der Waals surface area contributed by atoms with Crippen molar-refractivity contribution in [2.24, 2.45) is 4.99 Å². The van der Waals surface area contributed by atoms with Crippen LogP contribution in [0.1, 0.15) is 18.1 Å². The molecule has 27 heavy (non-hydrogen) atoms. The minimum atomic E-state index is -3.45. The van der Waals surface area contributed by atoms with Gasteiger partial charge in [0.15, 0.2) is 5.96 Å². The number of guanidine groups is 1. The summed E-state index contributed by atoms with van der Waals surface area (Å²) >= 11 is 0. The minimum Gasteiger partial charge on any atom is -0.356 e. The zero-order valence-electron chi connectivity index (χ0n) is 15.5. The van der Waals surface area contributed by atoms with Gasteiger partial charge in [0, 0.05) is 18.8 Å². The van der Waals surface area contributed by atoms with Crippen molar-refractivity contribution in [2.75, 3.05) is 25.0 Å². The van der Waals surface area contributed by atoms with Gasteiger partial charge in [-0.2, -0.15) is 0 Å². The lowest BCUT2D eigenvalue weighted by molar-refractivity contribution is 0.588. The van der Waals surface area contributed by atoms with Gasteiger partial charge in [-0.05, 0) is 49.7 Å². The maximum Gasteiger partial charge on any atom is 0.240 e. The van der Waals surface area contributed by atoms with E-state index in [1.165, 1.54) is 18.3 Å². The molecule has 0 atom stereocenters. The van der Waals surface area contributed by atoms with E-state index in [1.54, 1.807) is 18.2 Å². The second-order valence-corrected chi connectivity index (χ2v) is 7.94. The second kappa shape index (κ2) is 9.52. The lowest BCUT2D eigenvalue weighted by Gasteiger charge is -2.22. The predicted molar refractivity (Wildman–Crippen MR) is 120 cm³/mol. The minimum absolute atomic E-state index is 0. The quantitative estimate of drug-likeness (QED) is 0.376. The van der Waals surface area contributed by atoms with E-state index in [9.17, 15) is 8.42 Å². The molecule has 2 N–H and O–H groups in total. The Morgan fingerprint density at radius 3 is 2.70 bits per heavy atom. The summed E-state index contributed by atoms with van der Waals surface area (Å²) in [6.45, 7) is 4.11. The summed E-state index contributed by atoms with van der Waals surface area (Å²) in [5, 5.41) is 3.34. The van der Waals surface area contributed by atoms with E-state index in [1.807, 2.05) is 19.1 Å². The topological polar surface area (TPSA) is 73.8 Å². The van der Waals surface area contributed by atoms with Gasteiger partial charge in [-0.1, -0.05) is 30.3 Å². The van der Waals surface area contributed by atoms with Gasteiger partial charge in [0.05, 0.1) is 11.4 Å². The number of para-hydroxylation sites is 1. The highest BCUT2D eigenvalue weighted by molar-refractivity contribution is 14.0. The van der Waals surface area contributed by atoms with E-state index in [4.69, 9.17) is 4.99 Å². The molecule has 1 aliphatic heterocycles. The van der Waals surface area contributed by atoms with Crippen molar-refractivity contribution in [1.29, 1.82) is 0 Å². The highest BCUT2D eigenvalue weighted by atomic mass is 127. The number of benzene rings is 2. The Balaban J connectivity index is 0.00000261. The average Bonchev–Trinajstić information content (AvgIpc) is 3.09. The van der Waals surface area contributed by atoms with Crippen LogP contribution in [0.5, 0.6) is 0 Å². The molecule has 0 saturated carbocycles. The standard InChI is InChI=1S/C19H24N4O2S.HI/c1-3-21-19(23-12-11-16-8-4-5-10-18(16)23)22-14-15-7-6-9-17(13-15)26(24,25)20-2;/h4-10,13,20H,3,11-12,14H2,1-2H3,(H,21,22);1H. The molecular weight excluding hydrogens is 475 g/mol. The van der Waals surface area contributed by atoms with Crippen molar-refractivity contribution in [2.45, 2.75) is 24.8 Å². The first-order valence-corrected chi connectivity index (χ1v) is 10.2. The number of hydrogen-bond donors (Lipinski definition) is 2. The van der Waals surface area contributed by atoms with Gasteiger partial charge in [-0.15, -0.1) is 24.0 Å². The highest BCUT2D eigenvalue weighted by Crippen LogP contribution is 2.27. The van der Waals surface area contributed by atoms with Crippen molar-refractivity contribution in [3.05, 3.63) is 59.7 Å². The number of halogens is 1. The van der Waals surface area contributed by atoms with Gasteiger partial charge >= 0.3 is 0 Å². The lowest BCUT2D eigenvalue weighted by Crippen LogP contribution is -2.40. The van der Waals surface area contributed by atoms with E-state index in [-0.39, 0.29) is 28.9 Å². The van der Waals surface area contributed by atoms with E-state index in [2.05, 4.69) is 33.1 Å². The molecule has 2 aromatic rings. The first-order valence-electron chi connectivity index (χ1n) is 8.71. The Kier molecular flexibility index (Phi) is 7.63. The molecule has 0 aliphatic carbocycles. The molecule has 0 unspecified atom stereocenters. The van der Waals surface area contributed by atoms with Crippen molar-refractivity contribution in [3.63, 3.8) is 0 Å². The highest BCUT2D eigenvalue weighted by Gasteiger charge is 2.22. The molecule has 2 aromatic carbocycles. The van der Waals surface area contributed by atoms with E-state index in [0.29, 0.717) is 6.54 Å². The normalized spacial score (nSPS) is 13.9. The van der Waals surface area contributed by atoms with Crippen LogP contribution in [0.25, 0.3) is 0 Å². The fourth-order valence-electron chi connectivity index (χ4n) is 3.05. The molecule has 146 valence electrons. The second-order valence-electron chi connectivity index (χ2n) is 6.06. The predicted octanol–water partition coefficient (Wildman–Crippen LogP) is 2.74. The Labute approximate surface area is 178 Å². The zero-order chi connectivity index (χ0) is 18.6. The van der Waals surface area contributed by atoms with Crippen molar-refractivity contribution in [3.8, 4) is 0 Å². The largest absolute Gasteiger partial charge is 0.356 e. The molecule has 0 saturated heterocycles. The maximum absolute atomic E-state index is 12.0. The summed E-state index contributed by atoms with van der Waals surface area (Å²) < 4.78 is 26.3. The van der Waals surface area contributed by atoms with Crippen LogP contribution in [0.2, 0.25) is 0 Å². The number of aliphatic imine (C=N–C) groups is 1. The van der Waals surface area contributed by atoms with Crippen LogP contribution >= 0.6 is 24.0 Å². The Bertz CT molecular complexity index is 915. The number of nitrogens with one attached hydrogen (secondary N) is 2. The Morgan fingerprint density at radius 2 is 1.96 bits per heavy atom. The van der Waals surface area contributed by atoms with Gasteiger partial charge in [-0.3, -0.25) is 0 Å². The fraction of sp³-hybridized carbons (Fsp3) is 0.316. The molecule has 1 heterocycles. The van der Waals surface area contributed by atoms with Crippen LogP contribution in [0, 0.1) is 0 Å². The summed E-state index contributed by atoms with van der Waals surface area (Å²) in [6.07, 6.45) is 0.997. The molecule has 0 aromatic heterocycles. The van der Waals surface area contributed by atoms with Gasteiger partial charge in [-0.25, -0.2) is 18.1 Å². The molecular formula is C19H25IN4O2S. The lowest BCUT2D eigenvalue weighted by atomic mass is 10.2. The van der Waals surface area contributed by atoms with E-state index < -0.39 is 10.0 Å². The third-order valence-corrected chi connectivity index (χ3v) is 5.78. The van der Waals surface area contributed by atoms with Crippen LogP contribution in [0.3, 0.4) is 0 Å². The fourth-order valence-corrected chi connectivity index (χ4v) is 3.85. The molecule has 0 spiro atoms. The summed E-state index contributed by atoms with van der Waals surface area (Å²) in [5.74, 6) is 0.819. The van der Waals surface area contributed by atoms with Gasteiger partial charge in [0.1, 0.15) is 0 Å². The third-order valence-electron chi connectivity index (χ3n) is 4.37. The third kappa shape index (κ3) is 4.99. The molecule has 0 amide bonds. The molecule has 0 fully saturated rings. The summed E-state index contributed by atoms with van der Waals surface area (Å²) in [5.41, 5.74) is 3.35. The SMILES string of the molecule is CCNC(=NCc1cccc(S(=O)(=O)NC)c1)N1CCc2ccccc21.I. The summed E-state index contributed by atoms with van der Waals surface area (Å²) in [6, 6.07) is 15.2. The van der Waals surface area contributed by atoms with Crippen molar-refractivity contribution < 1.29 is 8.42 Å². The molecule has 3 rings (SSSR count). The average molecular weight is 500 g/mol. The van der Waals surface area contributed by atoms with Gasteiger partial charge in [0.2, 0.25) is 10.0 Å². The van der Waals surface area contributed by atoms with Crippen LogP contribution in [-0.2, 0) is 23.0 Å². The number of anilines is 1. The zero-order valence-corrected chi connectivity index (χ0v) is 18.6. The monoisotopic (exact) mass is 500 g/mol. The van der Waals surface area contributed by atoms with E-state index >= 15 is 0 Å². The molecule has 6 nitrogen and oxygen atoms in total. The number of nitrogens with zero attached hydrogens (tertiary/aromatic N) is 2. The Hall–Kier alpha value is -1.65. The first-order chi connectivity index (χ1) is 12.5. The maximum atomic E-state index is 12.0. The van der Waals surface area contributed by atoms with E-state index in [0.717, 1.165) is 31.0 Å². The van der Waals surface area contributed by atoms with Crippen molar-refractivity contribution >= 4 is 45.6 Å². The smallest absolute Gasteiger partial charge is 0.240 e. The van der Waals surface area contributed by atoms with Crippen LogP contribution in [0.15, 0.2) is 58.4 Å². The molecule has 1 aliphatic rings. The number of rotatable bonds is 5. The Morgan fingerprint density at radius 1 is 1.19 bits per heavy atom. The number of fused-ring (bicyclic) bond motifs is 1. The molecule has 8 heteroatoms. The first kappa shape index (κ1) is 21.6.